The zero-order chi connectivity index (χ0) is 12.8. The third-order valence-electron chi connectivity index (χ3n) is 3.04. The van der Waals surface area contributed by atoms with Crippen LogP contribution < -0.4 is 0 Å². The van der Waals surface area contributed by atoms with Gasteiger partial charge in [-0.05, 0) is 43.4 Å². The summed E-state index contributed by atoms with van der Waals surface area (Å²) in [5.74, 6) is 0. The Labute approximate surface area is 108 Å². The van der Waals surface area contributed by atoms with E-state index in [1.165, 1.54) is 16.7 Å². The lowest BCUT2D eigenvalue weighted by Crippen LogP contribution is -2.11. The topological polar surface area (TPSA) is 33.1 Å². The number of aliphatic hydroxyl groups excluding tert-OH is 1. The molecule has 2 heteroatoms. The largest absolute Gasteiger partial charge is 0.393 e. The highest BCUT2D eigenvalue weighted by molar-refractivity contribution is 5.22. The summed E-state index contributed by atoms with van der Waals surface area (Å²) in [6, 6.07) is 12.3. The van der Waals surface area contributed by atoms with E-state index in [2.05, 4.69) is 30.1 Å². The van der Waals surface area contributed by atoms with Gasteiger partial charge < -0.3 is 5.11 Å². The molecule has 2 rings (SSSR count). The second-order valence-electron chi connectivity index (χ2n) is 4.75. The molecule has 2 nitrogen and oxygen atoms in total. The van der Waals surface area contributed by atoms with Gasteiger partial charge in [0.25, 0.3) is 0 Å². The number of nitrogens with zero attached hydrogens (tertiary/aromatic N) is 1. The van der Waals surface area contributed by atoms with E-state index < -0.39 is 0 Å². The van der Waals surface area contributed by atoms with Crippen LogP contribution in [0.2, 0.25) is 0 Å². The number of pyridine rings is 1. The maximum atomic E-state index is 10.0. The summed E-state index contributed by atoms with van der Waals surface area (Å²) < 4.78 is 0. The third-order valence-corrected chi connectivity index (χ3v) is 3.04. The lowest BCUT2D eigenvalue weighted by atomic mass is 10.0. The zero-order valence-electron chi connectivity index (χ0n) is 10.7. The molecule has 0 bridgehead atoms. The van der Waals surface area contributed by atoms with Gasteiger partial charge in [-0.2, -0.15) is 0 Å². The SMILES string of the molecule is Cc1cccc(CC(O)CCc2cccnc2)c1. The first-order valence-corrected chi connectivity index (χ1v) is 6.36. The summed E-state index contributed by atoms with van der Waals surface area (Å²) in [5.41, 5.74) is 3.63. The highest BCUT2D eigenvalue weighted by Crippen LogP contribution is 2.11. The van der Waals surface area contributed by atoms with Crippen molar-refractivity contribution in [2.24, 2.45) is 0 Å². The summed E-state index contributed by atoms with van der Waals surface area (Å²) >= 11 is 0. The van der Waals surface area contributed by atoms with Crippen molar-refractivity contribution in [2.45, 2.75) is 32.3 Å². The van der Waals surface area contributed by atoms with Gasteiger partial charge in [0.15, 0.2) is 0 Å². The molecule has 1 heterocycles. The van der Waals surface area contributed by atoms with Gasteiger partial charge in [-0.25, -0.2) is 0 Å². The highest BCUT2D eigenvalue weighted by Gasteiger charge is 2.06. The maximum Gasteiger partial charge on any atom is 0.0583 e. The van der Waals surface area contributed by atoms with E-state index >= 15 is 0 Å². The first kappa shape index (κ1) is 12.8. The molecule has 0 amide bonds. The van der Waals surface area contributed by atoms with Gasteiger partial charge in [-0.3, -0.25) is 4.98 Å². The third kappa shape index (κ3) is 3.97. The standard InChI is InChI=1S/C16H19NO/c1-13-4-2-5-15(10-13)11-16(18)8-7-14-6-3-9-17-12-14/h2-6,9-10,12,16,18H,7-8,11H2,1H3. The summed E-state index contributed by atoms with van der Waals surface area (Å²) in [6.07, 6.45) is 5.72. The van der Waals surface area contributed by atoms with Crippen LogP contribution in [0.3, 0.4) is 0 Å². The second-order valence-corrected chi connectivity index (χ2v) is 4.75. The van der Waals surface area contributed by atoms with Gasteiger partial charge >= 0.3 is 0 Å². The van der Waals surface area contributed by atoms with E-state index in [1.807, 2.05) is 24.4 Å². The Bertz CT molecular complexity index is 481. The minimum Gasteiger partial charge on any atom is -0.393 e. The van der Waals surface area contributed by atoms with Crippen LogP contribution in [-0.2, 0) is 12.8 Å². The number of hydrogen-bond acceptors (Lipinski definition) is 2. The van der Waals surface area contributed by atoms with E-state index in [9.17, 15) is 5.11 Å². The zero-order valence-corrected chi connectivity index (χ0v) is 10.7. The van der Waals surface area contributed by atoms with E-state index in [0.717, 1.165) is 19.3 Å². The number of rotatable bonds is 5. The molecule has 2 aromatic rings. The van der Waals surface area contributed by atoms with Gasteiger partial charge in [0.2, 0.25) is 0 Å². The molecule has 0 saturated carbocycles. The number of aryl methyl sites for hydroxylation is 2. The van der Waals surface area contributed by atoms with Gasteiger partial charge in [0, 0.05) is 12.4 Å². The minimum atomic E-state index is -0.285. The van der Waals surface area contributed by atoms with Crippen LogP contribution >= 0.6 is 0 Å². The summed E-state index contributed by atoms with van der Waals surface area (Å²) in [7, 11) is 0. The molecule has 0 aliphatic carbocycles. The van der Waals surface area contributed by atoms with Crippen LogP contribution in [0, 0.1) is 6.92 Å². The van der Waals surface area contributed by atoms with E-state index in [1.54, 1.807) is 6.20 Å². The van der Waals surface area contributed by atoms with Gasteiger partial charge in [-0.1, -0.05) is 35.9 Å². The predicted molar refractivity (Wildman–Crippen MR) is 73.4 cm³/mol. The Morgan fingerprint density at radius 1 is 1.17 bits per heavy atom. The molecule has 0 spiro atoms. The maximum absolute atomic E-state index is 10.0. The highest BCUT2D eigenvalue weighted by atomic mass is 16.3. The fourth-order valence-electron chi connectivity index (χ4n) is 2.09. The Morgan fingerprint density at radius 2 is 2.00 bits per heavy atom. The lowest BCUT2D eigenvalue weighted by molar-refractivity contribution is 0.165. The van der Waals surface area contributed by atoms with Crippen molar-refractivity contribution in [1.29, 1.82) is 0 Å². The predicted octanol–water partition coefficient (Wildman–Crippen LogP) is 2.93. The van der Waals surface area contributed by atoms with Crippen molar-refractivity contribution in [3.05, 3.63) is 65.5 Å². The van der Waals surface area contributed by atoms with Crippen LogP contribution in [0.15, 0.2) is 48.8 Å². The van der Waals surface area contributed by atoms with Crippen molar-refractivity contribution >= 4 is 0 Å². The van der Waals surface area contributed by atoms with Crippen LogP contribution in [0.25, 0.3) is 0 Å². The Hall–Kier alpha value is -1.67. The lowest BCUT2D eigenvalue weighted by Gasteiger charge is -2.11. The minimum absolute atomic E-state index is 0.285. The van der Waals surface area contributed by atoms with Crippen LogP contribution in [0.5, 0.6) is 0 Å². The van der Waals surface area contributed by atoms with Crippen molar-refractivity contribution in [3.8, 4) is 0 Å². The van der Waals surface area contributed by atoms with E-state index in [-0.39, 0.29) is 6.10 Å². The first-order valence-electron chi connectivity index (χ1n) is 6.36. The molecule has 1 aromatic heterocycles. The van der Waals surface area contributed by atoms with Gasteiger partial charge in [0.05, 0.1) is 6.10 Å². The summed E-state index contributed by atoms with van der Waals surface area (Å²) in [4.78, 5) is 4.08. The molecule has 0 radical (unpaired) electrons. The normalized spacial score (nSPS) is 12.3. The molecular weight excluding hydrogens is 222 g/mol. The Balaban J connectivity index is 1.84. The molecule has 1 unspecified atom stereocenters. The Kier molecular flexibility index (Phi) is 4.48. The molecule has 1 atom stereocenters. The van der Waals surface area contributed by atoms with Gasteiger partial charge in [-0.15, -0.1) is 0 Å². The molecule has 18 heavy (non-hydrogen) atoms. The molecule has 0 aliphatic heterocycles. The van der Waals surface area contributed by atoms with E-state index in [0.29, 0.717) is 0 Å². The monoisotopic (exact) mass is 241 g/mol. The Morgan fingerprint density at radius 3 is 2.72 bits per heavy atom. The quantitative estimate of drug-likeness (QED) is 0.873. The molecule has 1 N–H and O–H groups in total. The molecule has 0 saturated heterocycles. The average Bonchev–Trinajstić information content (AvgIpc) is 2.38. The van der Waals surface area contributed by atoms with Crippen LogP contribution in [-0.4, -0.2) is 16.2 Å². The number of aliphatic hydroxyl groups is 1. The fraction of sp³-hybridized carbons (Fsp3) is 0.312. The molecule has 94 valence electrons. The first-order chi connectivity index (χ1) is 8.74. The summed E-state index contributed by atoms with van der Waals surface area (Å²) in [6.45, 7) is 2.07. The second kappa shape index (κ2) is 6.31. The molecular formula is C16H19NO. The van der Waals surface area contributed by atoms with Gasteiger partial charge in [0.1, 0.15) is 0 Å². The molecule has 0 aliphatic rings. The molecule has 0 fully saturated rings. The van der Waals surface area contributed by atoms with Crippen molar-refractivity contribution in [1.82, 2.24) is 4.98 Å². The van der Waals surface area contributed by atoms with Crippen LogP contribution in [0.4, 0.5) is 0 Å². The van der Waals surface area contributed by atoms with Crippen LogP contribution in [0.1, 0.15) is 23.1 Å². The number of hydrogen-bond donors (Lipinski definition) is 1. The number of aromatic nitrogens is 1. The number of benzene rings is 1. The van der Waals surface area contributed by atoms with Crippen molar-refractivity contribution in [3.63, 3.8) is 0 Å². The van der Waals surface area contributed by atoms with Crippen molar-refractivity contribution < 1.29 is 5.11 Å². The van der Waals surface area contributed by atoms with Crippen molar-refractivity contribution in [2.75, 3.05) is 0 Å². The summed E-state index contributed by atoms with van der Waals surface area (Å²) in [5, 5.41) is 10.0. The van der Waals surface area contributed by atoms with E-state index in [4.69, 9.17) is 0 Å². The fourth-order valence-corrected chi connectivity index (χ4v) is 2.09. The average molecular weight is 241 g/mol. The smallest absolute Gasteiger partial charge is 0.0583 e. The molecule has 1 aromatic carbocycles.